The van der Waals surface area contributed by atoms with Crippen molar-refractivity contribution in [2.45, 2.75) is 39.2 Å². The molecule has 0 aliphatic carbocycles. The maximum atomic E-state index is 13.6. The number of amides is 2. The molecule has 3 N–H and O–H groups in total. The summed E-state index contributed by atoms with van der Waals surface area (Å²) in [6.45, 7) is 3.64. The van der Waals surface area contributed by atoms with Crippen LogP contribution >= 0.6 is 0 Å². The number of rotatable bonds is 6. The lowest BCUT2D eigenvalue weighted by molar-refractivity contribution is -0.137. The molecule has 0 bridgehead atoms. The van der Waals surface area contributed by atoms with Crippen LogP contribution in [-0.2, 0) is 4.79 Å². The van der Waals surface area contributed by atoms with Gasteiger partial charge in [-0.3, -0.25) is 4.79 Å². The standard InChI is InChI=1S/C14H19FN2O3/c1-3-4-10(8-13(18)19)16-14(20)17-12-6-5-9(2)7-11(12)15/h5-7,10H,3-4,8H2,1-2H3,(H,18,19)(H2,16,17,20). The Kier molecular flexibility index (Phi) is 5.96. The second-order valence-corrected chi connectivity index (χ2v) is 4.67. The largest absolute Gasteiger partial charge is 0.481 e. The summed E-state index contributed by atoms with van der Waals surface area (Å²) in [7, 11) is 0. The van der Waals surface area contributed by atoms with Crippen molar-refractivity contribution in [1.29, 1.82) is 0 Å². The number of nitrogens with one attached hydrogen (secondary N) is 2. The minimum Gasteiger partial charge on any atom is -0.481 e. The molecule has 0 saturated heterocycles. The monoisotopic (exact) mass is 282 g/mol. The minimum absolute atomic E-state index is 0.0682. The molecule has 1 aromatic carbocycles. The Morgan fingerprint density at radius 3 is 2.65 bits per heavy atom. The first-order valence-corrected chi connectivity index (χ1v) is 6.47. The summed E-state index contributed by atoms with van der Waals surface area (Å²) in [6.07, 6.45) is 1.14. The fourth-order valence-corrected chi connectivity index (χ4v) is 1.85. The first-order chi connectivity index (χ1) is 9.42. The SMILES string of the molecule is CCCC(CC(=O)O)NC(=O)Nc1ccc(C)cc1F. The van der Waals surface area contributed by atoms with Gasteiger partial charge in [0.05, 0.1) is 12.1 Å². The fraction of sp³-hybridized carbons (Fsp3) is 0.429. The van der Waals surface area contributed by atoms with Crippen LogP contribution in [0, 0.1) is 12.7 Å². The van der Waals surface area contributed by atoms with Crippen LogP contribution in [0.5, 0.6) is 0 Å². The molecule has 5 nitrogen and oxygen atoms in total. The first kappa shape index (κ1) is 15.9. The van der Waals surface area contributed by atoms with Crippen LogP contribution in [0.2, 0.25) is 0 Å². The molecular weight excluding hydrogens is 263 g/mol. The van der Waals surface area contributed by atoms with E-state index in [1.54, 1.807) is 13.0 Å². The number of carboxylic acid groups (broad SMARTS) is 1. The zero-order valence-electron chi connectivity index (χ0n) is 11.6. The highest BCUT2D eigenvalue weighted by molar-refractivity contribution is 5.89. The van der Waals surface area contributed by atoms with Gasteiger partial charge in [-0.1, -0.05) is 19.4 Å². The number of carboxylic acids is 1. The summed E-state index contributed by atoms with van der Waals surface area (Å²) in [6, 6.07) is 3.39. The quantitative estimate of drug-likeness (QED) is 0.750. The zero-order chi connectivity index (χ0) is 15.1. The molecule has 1 atom stereocenters. The van der Waals surface area contributed by atoms with Crippen molar-refractivity contribution >= 4 is 17.7 Å². The van der Waals surface area contributed by atoms with E-state index in [0.29, 0.717) is 6.42 Å². The Morgan fingerprint density at radius 2 is 2.10 bits per heavy atom. The van der Waals surface area contributed by atoms with E-state index < -0.39 is 23.9 Å². The normalized spacial score (nSPS) is 11.8. The Labute approximate surface area is 117 Å². The predicted octanol–water partition coefficient (Wildman–Crippen LogP) is 2.90. The molecule has 1 rings (SSSR count). The number of benzene rings is 1. The Balaban J connectivity index is 2.62. The molecule has 6 heteroatoms. The second kappa shape index (κ2) is 7.47. The lowest BCUT2D eigenvalue weighted by Crippen LogP contribution is -2.39. The first-order valence-electron chi connectivity index (χ1n) is 6.47. The van der Waals surface area contributed by atoms with Crippen molar-refractivity contribution in [3.63, 3.8) is 0 Å². The third kappa shape index (κ3) is 5.26. The summed E-state index contributed by atoms with van der Waals surface area (Å²) >= 11 is 0. The van der Waals surface area contributed by atoms with E-state index in [0.717, 1.165) is 12.0 Å². The molecule has 0 aromatic heterocycles. The molecule has 0 aliphatic rings. The van der Waals surface area contributed by atoms with Crippen molar-refractivity contribution in [2.24, 2.45) is 0 Å². The molecule has 0 fully saturated rings. The van der Waals surface area contributed by atoms with E-state index in [1.165, 1.54) is 12.1 Å². The number of hydrogen-bond donors (Lipinski definition) is 3. The Hall–Kier alpha value is -2.11. The van der Waals surface area contributed by atoms with E-state index in [1.807, 2.05) is 6.92 Å². The summed E-state index contributed by atoms with van der Waals surface area (Å²) in [4.78, 5) is 22.4. The molecule has 1 aromatic rings. The number of halogens is 1. The summed E-state index contributed by atoms with van der Waals surface area (Å²) in [5, 5.41) is 13.7. The van der Waals surface area contributed by atoms with Gasteiger partial charge in [-0.05, 0) is 31.0 Å². The average Bonchev–Trinajstić information content (AvgIpc) is 2.32. The number of hydrogen-bond acceptors (Lipinski definition) is 2. The molecule has 0 radical (unpaired) electrons. The van der Waals surface area contributed by atoms with Gasteiger partial charge in [0.1, 0.15) is 5.82 Å². The van der Waals surface area contributed by atoms with E-state index in [9.17, 15) is 14.0 Å². The summed E-state index contributed by atoms with van der Waals surface area (Å²) in [5.74, 6) is -1.50. The molecule has 110 valence electrons. The van der Waals surface area contributed by atoms with E-state index in [-0.39, 0.29) is 12.1 Å². The lowest BCUT2D eigenvalue weighted by Gasteiger charge is -2.17. The van der Waals surface area contributed by atoms with Crippen LogP contribution < -0.4 is 10.6 Å². The van der Waals surface area contributed by atoms with E-state index in [4.69, 9.17) is 5.11 Å². The summed E-state index contributed by atoms with van der Waals surface area (Å²) < 4.78 is 13.6. The third-order valence-electron chi connectivity index (χ3n) is 2.77. The molecule has 0 heterocycles. The van der Waals surface area contributed by atoms with Gasteiger partial charge in [-0.25, -0.2) is 9.18 Å². The minimum atomic E-state index is -0.981. The van der Waals surface area contributed by atoms with E-state index in [2.05, 4.69) is 10.6 Å². The number of aliphatic carboxylic acids is 1. The smallest absolute Gasteiger partial charge is 0.319 e. The van der Waals surface area contributed by atoms with Crippen LogP contribution in [0.4, 0.5) is 14.9 Å². The van der Waals surface area contributed by atoms with Crippen molar-refractivity contribution in [3.8, 4) is 0 Å². The highest BCUT2D eigenvalue weighted by atomic mass is 19.1. The molecular formula is C14H19FN2O3. The Bertz CT molecular complexity index is 491. The number of urea groups is 1. The van der Waals surface area contributed by atoms with Crippen molar-refractivity contribution in [2.75, 3.05) is 5.32 Å². The van der Waals surface area contributed by atoms with Gasteiger partial charge in [0.25, 0.3) is 0 Å². The number of carbonyl (C=O) groups excluding carboxylic acids is 1. The number of aryl methyl sites for hydroxylation is 1. The van der Waals surface area contributed by atoms with Gasteiger partial charge in [0.15, 0.2) is 0 Å². The second-order valence-electron chi connectivity index (χ2n) is 4.67. The zero-order valence-corrected chi connectivity index (χ0v) is 11.6. The average molecular weight is 282 g/mol. The van der Waals surface area contributed by atoms with E-state index >= 15 is 0 Å². The third-order valence-corrected chi connectivity index (χ3v) is 2.77. The number of carbonyl (C=O) groups is 2. The molecule has 0 spiro atoms. The highest BCUT2D eigenvalue weighted by Gasteiger charge is 2.15. The van der Waals surface area contributed by atoms with Crippen LogP contribution in [0.1, 0.15) is 31.7 Å². The van der Waals surface area contributed by atoms with Crippen LogP contribution in [0.25, 0.3) is 0 Å². The van der Waals surface area contributed by atoms with Crippen molar-refractivity contribution < 1.29 is 19.1 Å². The van der Waals surface area contributed by atoms with Crippen LogP contribution in [0.3, 0.4) is 0 Å². The van der Waals surface area contributed by atoms with Gasteiger partial charge in [0.2, 0.25) is 0 Å². The fourth-order valence-electron chi connectivity index (χ4n) is 1.85. The molecule has 1 unspecified atom stereocenters. The summed E-state index contributed by atoms with van der Waals surface area (Å²) in [5.41, 5.74) is 0.821. The topological polar surface area (TPSA) is 78.4 Å². The molecule has 20 heavy (non-hydrogen) atoms. The van der Waals surface area contributed by atoms with Gasteiger partial charge in [0, 0.05) is 6.04 Å². The number of anilines is 1. The maximum absolute atomic E-state index is 13.6. The maximum Gasteiger partial charge on any atom is 0.319 e. The molecule has 0 aliphatic heterocycles. The lowest BCUT2D eigenvalue weighted by atomic mass is 10.1. The van der Waals surface area contributed by atoms with Gasteiger partial charge in [-0.15, -0.1) is 0 Å². The van der Waals surface area contributed by atoms with Gasteiger partial charge < -0.3 is 15.7 Å². The Morgan fingerprint density at radius 1 is 1.40 bits per heavy atom. The van der Waals surface area contributed by atoms with Crippen LogP contribution in [0.15, 0.2) is 18.2 Å². The molecule has 2 amide bonds. The predicted molar refractivity (Wildman–Crippen MR) is 74.2 cm³/mol. The highest BCUT2D eigenvalue weighted by Crippen LogP contribution is 2.15. The van der Waals surface area contributed by atoms with Crippen molar-refractivity contribution in [1.82, 2.24) is 5.32 Å². The van der Waals surface area contributed by atoms with Crippen LogP contribution in [-0.4, -0.2) is 23.1 Å². The van der Waals surface area contributed by atoms with Gasteiger partial charge in [-0.2, -0.15) is 0 Å². The van der Waals surface area contributed by atoms with Crippen molar-refractivity contribution in [3.05, 3.63) is 29.6 Å². The molecule has 0 saturated carbocycles. The van der Waals surface area contributed by atoms with Gasteiger partial charge >= 0.3 is 12.0 Å².